The molecule has 0 unspecified atom stereocenters. The zero-order valence-electron chi connectivity index (χ0n) is 10.1. The molecule has 1 N–H and O–H groups in total. The lowest BCUT2D eigenvalue weighted by atomic mass is 10.2. The molecule has 0 saturated heterocycles. The van der Waals surface area contributed by atoms with E-state index in [1.165, 1.54) is 24.3 Å². The van der Waals surface area contributed by atoms with Gasteiger partial charge in [0.1, 0.15) is 29.6 Å². The van der Waals surface area contributed by atoms with Crippen LogP contribution in [0.4, 0.5) is 8.78 Å². The summed E-state index contributed by atoms with van der Waals surface area (Å²) in [5.41, 5.74) is -0.00212. The Morgan fingerprint density at radius 3 is 2.60 bits per heavy atom. The van der Waals surface area contributed by atoms with Crippen molar-refractivity contribution < 1.29 is 23.4 Å². The Hall–Kier alpha value is -2.14. The SMILES string of the molecule is O=C(O)c1cc(Cl)ccc1OCc1ccc(F)cc1F. The summed E-state index contributed by atoms with van der Waals surface area (Å²) < 4.78 is 31.4. The van der Waals surface area contributed by atoms with E-state index in [-0.39, 0.29) is 28.5 Å². The molecule has 20 heavy (non-hydrogen) atoms. The standard InChI is InChI=1S/C14H9ClF2O3/c15-9-2-4-13(11(5-9)14(18)19)20-7-8-1-3-10(16)6-12(8)17/h1-6H,7H2,(H,18,19). The van der Waals surface area contributed by atoms with Crippen molar-refractivity contribution in [3.63, 3.8) is 0 Å². The fourth-order valence-corrected chi connectivity index (χ4v) is 1.76. The van der Waals surface area contributed by atoms with Crippen LogP contribution in [0.2, 0.25) is 5.02 Å². The molecular weight excluding hydrogens is 290 g/mol. The molecule has 2 aromatic carbocycles. The summed E-state index contributed by atoms with van der Waals surface area (Å²) in [6, 6.07) is 7.15. The first kappa shape index (κ1) is 14.3. The molecule has 0 saturated carbocycles. The number of hydrogen-bond acceptors (Lipinski definition) is 2. The number of aromatic carboxylic acids is 1. The Morgan fingerprint density at radius 1 is 1.20 bits per heavy atom. The van der Waals surface area contributed by atoms with E-state index in [4.69, 9.17) is 21.4 Å². The molecule has 104 valence electrons. The summed E-state index contributed by atoms with van der Waals surface area (Å²) in [6.07, 6.45) is 0. The van der Waals surface area contributed by atoms with Crippen molar-refractivity contribution in [2.24, 2.45) is 0 Å². The van der Waals surface area contributed by atoms with Crippen LogP contribution in [0, 0.1) is 11.6 Å². The molecule has 0 fully saturated rings. The Balaban J connectivity index is 2.20. The maximum absolute atomic E-state index is 13.4. The van der Waals surface area contributed by atoms with E-state index >= 15 is 0 Å². The van der Waals surface area contributed by atoms with Gasteiger partial charge in [-0.15, -0.1) is 0 Å². The van der Waals surface area contributed by atoms with Gasteiger partial charge in [0.25, 0.3) is 0 Å². The molecule has 0 spiro atoms. The number of ether oxygens (including phenoxy) is 1. The summed E-state index contributed by atoms with van der Waals surface area (Å²) in [4.78, 5) is 11.0. The van der Waals surface area contributed by atoms with Crippen LogP contribution in [0.25, 0.3) is 0 Å². The van der Waals surface area contributed by atoms with Crippen LogP contribution in [-0.2, 0) is 6.61 Å². The molecule has 0 amide bonds. The van der Waals surface area contributed by atoms with Crippen LogP contribution in [-0.4, -0.2) is 11.1 Å². The maximum atomic E-state index is 13.4. The zero-order valence-corrected chi connectivity index (χ0v) is 10.8. The number of halogens is 3. The molecule has 0 atom stereocenters. The molecule has 6 heteroatoms. The minimum Gasteiger partial charge on any atom is -0.488 e. The molecule has 2 rings (SSSR count). The first-order valence-corrected chi connectivity index (χ1v) is 5.95. The summed E-state index contributed by atoms with van der Waals surface area (Å²) in [6.45, 7) is -0.214. The van der Waals surface area contributed by atoms with Crippen molar-refractivity contribution in [2.45, 2.75) is 6.61 Å². The first-order valence-electron chi connectivity index (χ1n) is 5.57. The summed E-state index contributed by atoms with van der Waals surface area (Å²) >= 11 is 5.70. The molecule has 0 aromatic heterocycles. The number of carboxylic acids is 1. The first-order chi connectivity index (χ1) is 9.47. The third-order valence-corrected chi connectivity index (χ3v) is 2.81. The van der Waals surface area contributed by atoms with Crippen molar-refractivity contribution in [3.05, 3.63) is 64.2 Å². The minimum absolute atomic E-state index is 0.0608. The lowest BCUT2D eigenvalue weighted by molar-refractivity contribution is 0.0691. The second-order valence-corrected chi connectivity index (χ2v) is 4.41. The monoisotopic (exact) mass is 298 g/mol. The largest absolute Gasteiger partial charge is 0.488 e. The van der Waals surface area contributed by atoms with E-state index in [0.717, 1.165) is 12.1 Å². The van der Waals surface area contributed by atoms with Gasteiger partial charge in [-0.25, -0.2) is 13.6 Å². The third-order valence-electron chi connectivity index (χ3n) is 2.57. The highest BCUT2D eigenvalue weighted by Gasteiger charge is 2.13. The van der Waals surface area contributed by atoms with Crippen LogP contribution in [0.1, 0.15) is 15.9 Å². The molecule has 2 aromatic rings. The smallest absolute Gasteiger partial charge is 0.339 e. The molecule has 0 aliphatic rings. The van der Waals surface area contributed by atoms with Crippen molar-refractivity contribution in [1.29, 1.82) is 0 Å². The van der Waals surface area contributed by atoms with Gasteiger partial charge in [-0.3, -0.25) is 0 Å². The van der Waals surface area contributed by atoms with Crippen molar-refractivity contribution in [3.8, 4) is 5.75 Å². The minimum atomic E-state index is -1.21. The highest BCUT2D eigenvalue weighted by Crippen LogP contribution is 2.24. The second kappa shape index (κ2) is 5.88. The predicted octanol–water partition coefficient (Wildman–Crippen LogP) is 3.90. The fourth-order valence-electron chi connectivity index (χ4n) is 1.59. The lowest BCUT2D eigenvalue weighted by Gasteiger charge is -2.10. The van der Waals surface area contributed by atoms with Gasteiger partial charge < -0.3 is 9.84 Å². The Morgan fingerprint density at radius 2 is 1.95 bits per heavy atom. The Kier molecular flexibility index (Phi) is 4.20. The topological polar surface area (TPSA) is 46.5 Å². The maximum Gasteiger partial charge on any atom is 0.339 e. The highest BCUT2D eigenvalue weighted by atomic mass is 35.5. The molecule has 0 aliphatic carbocycles. The second-order valence-electron chi connectivity index (χ2n) is 3.97. The lowest BCUT2D eigenvalue weighted by Crippen LogP contribution is -2.04. The normalized spacial score (nSPS) is 10.3. The number of hydrogen-bond donors (Lipinski definition) is 1. The molecule has 3 nitrogen and oxygen atoms in total. The van der Waals surface area contributed by atoms with E-state index in [1.807, 2.05) is 0 Å². The van der Waals surface area contributed by atoms with Gasteiger partial charge in [-0.05, 0) is 30.3 Å². The van der Waals surface area contributed by atoms with Gasteiger partial charge >= 0.3 is 5.97 Å². The molecule has 0 bridgehead atoms. The number of rotatable bonds is 4. The summed E-state index contributed by atoms with van der Waals surface area (Å²) in [7, 11) is 0. The van der Waals surface area contributed by atoms with Gasteiger partial charge in [0, 0.05) is 16.7 Å². The van der Waals surface area contributed by atoms with Crippen LogP contribution >= 0.6 is 11.6 Å². The van der Waals surface area contributed by atoms with E-state index < -0.39 is 17.6 Å². The van der Waals surface area contributed by atoms with E-state index in [2.05, 4.69) is 0 Å². The van der Waals surface area contributed by atoms with E-state index in [1.54, 1.807) is 0 Å². The van der Waals surface area contributed by atoms with Crippen LogP contribution in [0.3, 0.4) is 0 Å². The Labute approximate surface area is 118 Å². The molecule has 0 aliphatic heterocycles. The third kappa shape index (κ3) is 3.24. The highest BCUT2D eigenvalue weighted by molar-refractivity contribution is 6.31. The van der Waals surface area contributed by atoms with Crippen molar-refractivity contribution >= 4 is 17.6 Å². The van der Waals surface area contributed by atoms with Crippen molar-refractivity contribution in [1.82, 2.24) is 0 Å². The Bertz CT molecular complexity index is 659. The van der Waals surface area contributed by atoms with Gasteiger partial charge in [-0.1, -0.05) is 11.6 Å². The number of carbonyl (C=O) groups is 1. The fraction of sp³-hybridized carbons (Fsp3) is 0.0714. The van der Waals surface area contributed by atoms with E-state index in [0.29, 0.717) is 0 Å². The van der Waals surface area contributed by atoms with Crippen molar-refractivity contribution in [2.75, 3.05) is 0 Å². The van der Waals surface area contributed by atoms with Gasteiger partial charge in [0.15, 0.2) is 0 Å². The summed E-state index contributed by atoms with van der Waals surface area (Å²) in [5.74, 6) is -2.59. The zero-order chi connectivity index (χ0) is 14.7. The number of benzene rings is 2. The molecule has 0 radical (unpaired) electrons. The quantitative estimate of drug-likeness (QED) is 0.931. The summed E-state index contributed by atoms with van der Waals surface area (Å²) in [5, 5.41) is 9.27. The van der Waals surface area contributed by atoms with Crippen LogP contribution < -0.4 is 4.74 Å². The average molecular weight is 299 g/mol. The van der Waals surface area contributed by atoms with Crippen LogP contribution in [0.5, 0.6) is 5.75 Å². The van der Waals surface area contributed by atoms with Crippen LogP contribution in [0.15, 0.2) is 36.4 Å². The molecular formula is C14H9ClF2O3. The van der Waals surface area contributed by atoms with Gasteiger partial charge in [-0.2, -0.15) is 0 Å². The van der Waals surface area contributed by atoms with Gasteiger partial charge in [0.05, 0.1) is 0 Å². The number of carboxylic acid groups (broad SMARTS) is 1. The van der Waals surface area contributed by atoms with Gasteiger partial charge in [0.2, 0.25) is 0 Å². The average Bonchev–Trinajstić information content (AvgIpc) is 2.38. The predicted molar refractivity (Wildman–Crippen MR) is 69.1 cm³/mol. The van der Waals surface area contributed by atoms with E-state index in [9.17, 15) is 13.6 Å². The molecule has 0 heterocycles.